The van der Waals surface area contributed by atoms with E-state index in [1.807, 2.05) is 13.8 Å². The number of nitrogens with zero attached hydrogens (tertiary/aromatic N) is 2. The lowest BCUT2D eigenvalue weighted by atomic mass is 10.2. The summed E-state index contributed by atoms with van der Waals surface area (Å²) in [4.78, 5) is 13.6. The molecule has 0 aromatic rings. The molecule has 10 heteroatoms. The lowest BCUT2D eigenvalue weighted by Gasteiger charge is -2.35. The fourth-order valence-electron chi connectivity index (χ4n) is 2.19. The monoisotopic (exact) mass is 373 g/mol. The normalized spacial score (nSPS) is 17.9. The van der Waals surface area contributed by atoms with E-state index in [1.54, 1.807) is 4.90 Å². The van der Waals surface area contributed by atoms with E-state index in [4.69, 9.17) is 15.2 Å². The number of halogens is 1. The van der Waals surface area contributed by atoms with E-state index in [0.29, 0.717) is 13.1 Å². The van der Waals surface area contributed by atoms with Gasteiger partial charge in [0.2, 0.25) is 15.9 Å². The van der Waals surface area contributed by atoms with Crippen LogP contribution in [0.4, 0.5) is 0 Å². The number of ether oxygens (including phenoxy) is 2. The third-order valence-electron chi connectivity index (χ3n) is 3.40. The largest absolute Gasteiger partial charge is 0.383 e. The molecule has 1 aliphatic rings. The zero-order chi connectivity index (χ0) is 16.8. The Morgan fingerprint density at radius 2 is 1.78 bits per heavy atom. The molecule has 1 atom stereocenters. The van der Waals surface area contributed by atoms with Crippen molar-refractivity contribution in [3.05, 3.63) is 0 Å². The molecule has 1 saturated heterocycles. The molecule has 0 aromatic heterocycles. The number of methoxy groups -OCH3 is 1. The molecule has 138 valence electrons. The van der Waals surface area contributed by atoms with E-state index < -0.39 is 16.1 Å². The van der Waals surface area contributed by atoms with Crippen molar-refractivity contribution in [3.63, 3.8) is 0 Å². The number of sulfonamides is 1. The van der Waals surface area contributed by atoms with Crippen LogP contribution in [0.1, 0.15) is 13.8 Å². The highest BCUT2D eigenvalue weighted by Crippen LogP contribution is 2.09. The molecule has 1 heterocycles. The maximum atomic E-state index is 12.2. The molecule has 0 spiro atoms. The number of piperazine rings is 1. The van der Waals surface area contributed by atoms with Crippen LogP contribution in [0.5, 0.6) is 0 Å². The van der Waals surface area contributed by atoms with Crippen LogP contribution in [0, 0.1) is 0 Å². The van der Waals surface area contributed by atoms with Gasteiger partial charge in [0.1, 0.15) is 6.04 Å². The van der Waals surface area contributed by atoms with E-state index in [9.17, 15) is 13.2 Å². The predicted molar refractivity (Wildman–Crippen MR) is 90.1 cm³/mol. The van der Waals surface area contributed by atoms with Crippen molar-refractivity contribution in [2.45, 2.75) is 26.0 Å². The zero-order valence-electron chi connectivity index (χ0n) is 13.9. The van der Waals surface area contributed by atoms with Crippen LogP contribution in [0.25, 0.3) is 0 Å². The maximum absolute atomic E-state index is 12.2. The summed E-state index contributed by atoms with van der Waals surface area (Å²) in [6.45, 7) is 5.33. The first-order valence-electron chi connectivity index (χ1n) is 7.40. The zero-order valence-corrected chi connectivity index (χ0v) is 15.6. The Morgan fingerprint density at radius 3 is 2.26 bits per heavy atom. The van der Waals surface area contributed by atoms with Gasteiger partial charge in [-0.1, -0.05) is 0 Å². The first kappa shape index (κ1) is 22.6. The molecule has 23 heavy (non-hydrogen) atoms. The summed E-state index contributed by atoms with van der Waals surface area (Å²) >= 11 is 0. The van der Waals surface area contributed by atoms with Crippen LogP contribution in [0.2, 0.25) is 0 Å². The fraction of sp³-hybridized carbons (Fsp3) is 0.923. The smallest absolute Gasteiger partial charge is 0.241 e. The van der Waals surface area contributed by atoms with Gasteiger partial charge in [-0.05, 0) is 13.8 Å². The quantitative estimate of drug-likeness (QED) is 0.602. The van der Waals surface area contributed by atoms with Crippen molar-refractivity contribution < 1.29 is 22.7 Å². The molecular weight excluding hydrogens is 346 g/mol. The third-order valence-corrected chi connectivity index (χ3v) is 5.23. The first-order chi connectivity index (χ1) is 10.3. The van der Waals surface area contributed by atoms with Crippen LogP contribution in [-0.4, -0.2) is 87.9 Å². The maximum Gasteiger partial charge on any atom is 0.241 e. The number of amides is 1. The summed E-state index contributed by atoms with van der Waals surface area (Å²) in [7, 11) is -1.86. The summed E-state index contributed by atoms with van der Waals surface area (Å²) < 4.78 is 35.9. The van der Waals surface area contributed by atoms with Gasteiger partial charge in [0.15, 0.2) is 0 Å². The number of carbonyl (C=O) groups excluding carboxylic acids is 1. The highest BCUT2D eigenvalue weighted by atomic mass is 35.5. The van der Waals surface area contributed by atoms with Crippen LogP contribution < -0.4 is 5.73 Å². The summed E-state index contributed by atoms with van der Waals surface area (Å²) in [5, 5.41) is 0. The molecule has 8 nitrogen and oxygen atoms in total. The number of carbonyl (C=O) groups is 1. The second kappa shape index (κ2) is 10.4. The van der Waals surface area contributed by atoms with Gasteiger partial charge in [-0.3, -0.25) is 4.79 Å². The highest BCUT2D eigenvalue weighted by molar-refractivity contribution is 7.89. The number of nitrogens with two attached hydrogens (primary N) is 1. The topological polar surface area (TPSA) is 102 Å². The molecule has 0 aliphatic carbocycles. The Kier molecular flexibility index (Phi) is 10.2. The van der Waals surface area contributed by atoms with Crippen LogP contribution in [0.15, 0.2) is 0 Å². The molecule has 1 aliphatic heterocycles. The Hall–Kier alpha value is -0.450. The lowest BCUT2D eigenvalue weighted by molar-refractivity contribution is -0.134. The molecular formula is C13H28ClN3O5S. The molecule has 0 saturated carbocycles. The first-order valence-corrected chi connectivity index (χ1v) is 9.01. The molecule has 1 amide bonds. The van der Waals surface area contributed by atoms with Crippen molar-refractivity contribution in [1.29, 1.82) is 0 Å². The van der Waals surface area contributed by atoms with E-state index >= 15 is 0 Å². The van der Waals surface area contributed by atoms with Crippen molar-refractivity contribution in [3.8, 4) is 0 Å². The van der Waals surface area contributed by atoms with E-state index in [0.717, 1.165) is 0 Å². The second-order valence-corrected chi connectivity index (χ2v) is 7.61. The van der Waals surface area contributed by atoms with Gasteiger partial charge in [-0.25, -0.2) is 8.42 Å². The Labute approximate surface area is 144 Å². The summed E-state index contributed by atoms with van der Waals surface area (Å²) in [5.74, 6) is -0.246. The Bertz CT molecular complexity index is 453. The van der Waals surface area contributed by atoms with E-state index in [-0.39, 0.29) is 56.5 Å². The van der Waals surface area contributed by atoms with Crippen molar-refractivity contribution in [1.82, 2.24) is 9.21 Å². The van der Waals surface area contributed by atoms with E-state index in [2.05, 4.69) is 0 Å². The Morgan fingerprint density at radius 1 is 1.22 bits per heavy atom. The minimum atomic E-state index is -3.34. The molecule has 0 bridgehead atoms. The van der Waals surface area contributed by atoms with Gasteiger partial charge in [0, 0.05) is 33.3 Å². The standard InChI is InChI=1S/C13H27N3O5S.ClH/c1-11(2)21-8-9-22(18,19)16-6-4-15(5-7-16)13(17)12(14)10-20-3;/h11-12H,4-10,14H2,1-3H3;1H. The molecule has 0 aromatic carbocycles. The number of rotatable bonds is 8. The average molecular weight is 374 g/mol. The minimum Gasteiger partial charge on any atom is -0.383 e. The van der Waals surface area contributed by atoms with Crippen LogP contribution in [-0.2, 0) is 24.3 Å². The molecule has 1 fully saturated rings. The summed E-state index contributed by atoms with van der Waals surface area (Å²) in [6, 6.07) is -0.701. The SMILES string of the molecule is COCC(N)C(=O)N1CCN(S(=O)(=O)CCOC(C)C)CC1.Cl. The summed E-state index contributed by atoms with van der Waals surface area (Å²) in [6.07, 6.45) is 0.00643. The van der Waals surface area contributed by atoms with Gasteiger partial charge < -0.3 is 20.1 Å². The second-order valence-electron chi connectivity index (χ2n) is 5.52. The van der Waals surface area contributed by atoms with Gasteiger partial charge >= 0.3 is 0 Å². The highest BCUT2D eigenvalue weighted by Gasteiger charge is 2.30. The molecule has 2 N–H and O–H groups in total. The van der Waals surface area contributed by atoms with Gasteiger partial charge in [0.05, 0.1) is 25.1 Å². The lowest BCUT2D eigenvalue weighted by Crippen LogP contribution is -2.55. The molecule has 0 radical (unpaired) electrons. The number of hydrogen-bond acceptors (Lipinski definition) is 6. The van der Waals surface area contributed by atoms with Gasteiger partial charge in [-0.2, -0.15) is 4.31 Å². The fourth-order valence-corrected chi connectivity index (χ4v) is 3.47. The molecule has 1 rings (SSSR count). The van der Waals surface area contributed by atoms with Crippen LogP contribution >= 0.6 is 12.4 Å². The van der Waals surface area contributed by atoms with Gasteiger partial charge in [-0.15, -0.1) is 12.4 Å². The number of hydrogen-bond donors (Lipinski definition) is 1. The van der Waals surface area contributed by atoms with Crippen molar-refractivity contribution >= 4 is 28.3 Å². The van der Waals surface area contributed by atoms with Gasteiger partial charge in [0.25, 0.3) is 0 Å². The van der Waals surface area contributed by atoms with E-state index in [1.165, 1.54) is 11.4 Å². The minimum absolute atomic E-state index is 0. The molecule has 1 unspecified atom stereocenters. The Balaban J connectivity index is 0.00000484. The van der Waals surface area contributed by atoms with Crippen molar-refractivity contribution in [2.24, 2.45) is 5.73 Å². The third kappa shape index (κ3) is 7.32. The van der Waals surface area contributed by atoms with Crippen molar-refractivity contribution in [2.75, 3.05) is 52.3 Å². The van der Waals surface area contributed by atoms with Crippen LogP contribution in [0.3, 0.4) is 0 Å². The average Bonchev–Trinajstić information content (AvgIpc) is 2.46. The predicted octanol–water partition coefficient (Wildman–Crippen LogP) is -0.719. The summed E-state index contributed by atoms with van der Waals surface area (Å²) in [5.41, 5.74) is 5.71.